The third kappa shape index (κ3) is 4.56. The number of hydrogen-bond donors (Lipinski definition) is 2. The van der Waals surface area contributed by atoms with Crippen LogP contribution in [0.2, 0.25) is 0 Å². The lowest BCUT2D eigenvalue weighted by atomic mass is 9.93. The Kier molecular flexibility index (Phi) is 6.53. The van der Waals surface area contributed by atoms with Crippen LogP contribution in [-0.4, -0.2) is 25.3 Å². The molecule has 1 saturated carbocycles. The minimum absolute atomic E-state index is 0.171. The van der Waals surface area contributed by atoms with Crippen LogP contribution in [-0.2, 0) is 6.54 Å². The van der Waals surface area contributed by atoms with Crippen LogP contribution in [0.15, 0.2) is 95.7 Å². The molecule has 0 saturated heterocycles. The molecule has 0 atom stereocenters. The van der Waals surface area contributed by atoms with E-state index in [1.807, 2.05) is 29.1 Å². The number of hydrogen-bond acceptors (Lipinski definition) is 3. The molecule has 0 spiro atoms. The zero-order valence-electron chi connectivity index (χ0n) is 20.5. The first kappa shape index (κ1) is 23.9. The molecule has 1 fully saturated rings. The van der Waals surface area contributed by atoms with E-state index in [1.165, 1.54) is 0 Å². The van der Waals surface area contributed by atoms with E-state index < -0.39 is 0 Å². The number of nitrogens with one attached hydrogen (secondary N) is 1. The van der Waals surface area contributed by atoms with Gasteiger partial charge in [-0.05, 0) is 54.5 Å². The molecule has 0 radical (unpaired) electrons. The van der Waals surface area contributed by atoms with E-state index in [0.29, 0.717) is 12.0 Å². The Morgan fingerprint density at radius 1 is 0.865 bits per heavy atom. The molecule has 37 heavy (non-hydrogen) atoms. The first-order chi connectivity index (χ1) is 18.1. The van der Waals surface area contributed by atoms with Crippen molar-refractivity contribution in [3.05, 3.63) is 107 Å². The highest BCUT2D eigenvalue weighted by Crippen LogP contribution is 2.40. The van der Waals surface area contributed by atoms with Crippen LogP contribution in [0.1, 0.15) is 37.3 Å². The van der Waals surface area contributed by atoms with Crippen molar-refractivity contribution in [3.63, 3.8) is 0 Å². The van der Waals surface area contributed by atoms with Crippen LogP contribution in [0.25, 0.3) is 33.4 Å². The third-order valence-corrected chi connectivity index (χ3v) is 7.93. The fourth-order valence-corrected chi connectivity index (χ4v) is 6.08. The summed E-state index contributed by atoms with van der Waals surface area (Å²) in [6, 6.07) is 29.4. The third-order valence-electron chi connectivity index (χ3n) is 7.43. The molecule has 0 aliphatic heterocycles. The highest BCUT2D eigenvalue weighted by atomic mass is 79.9. The van der Waals surface area contributed by atoms with Gasteiger partial charge in [-0.3, -0.25) is 5.41 Å². The first-order valence-corrected chi connectivity index (χ1v) is 13.6. The number of aliphatic hydroxyl groups excluding tert-OH is 1. The number of rotatable bonds is 5. The molecule has 2 N–H and O–H groups in total. The van der Waals surface area contributed by atoms with Crippen LogP contribution in [0.3, 0.4) is 0 Å². The number of halogens is 1. The van der Waals surface area contributed by atoms with Gasteiger partial charge in [-0.15, -0.1) is 0 Å². The Morgan fingerprint density at radius 2 is 1.54 bits per heavy atom. The fraction of sp³-hybridized carbons (Fsp3) is 0.226. The standard InChI is InChI=1S/C31H29BrN4O/c32-24-13-7-8-21(18-24)19-35-29(23-11-5-2-6-12-23)27(22-9-3-1-4-10-22)28-30(33)36(20-34-31(28)35)25-14-16-26(37)17-15-25/h1-13,18,20,25-26,33,37H,14-17,19H2. The summed E-state index contributed by atoms with van der Waals surface area (Å²) in [5, 5.41) is 20.4. The van der Waals surface area contributed by atoms with Crippen molar-refractivity contribution in [1.82, 2.24) is 14.1 Å². The van der Waals surface area contributed by atoms with Crippen LogP contribution in [0.4, 0.5) is 0 Å². The van der Waals surface area contributed by atoms with Gasteiger partial charge in [0.05, 0.1) is 23.5 Å². The van der Waals surface area contributed by atoms with E-state index in [2.05, 4.69) is 87.2 Å². The number of fused-ring (bicyclic) bond motifs is 1. The van der Waals surface area contributed by atoms with Crippen molar-refractivity contribution >= 4 is 27.0 Å². The molecule has 2 heterocycles. The largest absolute Gasteiger partial charge is 0.393 e. The second kappa shape index (κ2) is 10.1. The maximum Gasteiger partial charge on any atom is 0.146 e. The molecule has 1 aliphatic rings. The molecule has 2 aromatic heterocycles. The Morgan fingerprint density at radius 3 is 2.22 bits per heavy atom. The van der Waals surface area contributed by atoms with E-state index in [1.54, 1.807) is 0 Å². The van der Waals surface area contributed by atoms with Crippen LogP contribution >= 0.6 is 15.9 Å². The topological polar surface area (TPSA) is 66.8 Å². The number of benzene rings is 3. The van der Waals surface area contributed by atoms with Crippen molar-refractivity contribution in [2.45, 2.75) is 44.4 Å². The molecule has 0 amide bonds. The van der Waals surface area contributed by atoms with E-state index in [0.717, 1.165) is 69.1 Å². The second-order valence-corrected chi connectivity index (χ2v) is 10.7. The van der Waals surface area contributed by atoms with Crippen molar-refractivity contribution < 1.29 is 5.11 Å². The predicted molar refractivity (Wildman–Crippen MR) is 151 cm³/mol. The summed E-state index contributed by atoms with van der Waals surface area (Å²) in [7, 11) is 0. The quantitative estimate of drug-likeness (QED) is 0.248. The summed E-state index contributed by atoms with van der Waals surface area (Å²) in [6.07, 6.45) is 4.85. The lowest BCUT2D eigenvalue weighted by molar-refractivity contribution is 0.109. The summed E-state index contributed by atoms with van der Waals surface area (Å²) >= 11 is 3.62. The van der Waals surface area contributed by atoms with E-state index in [9.17, 15) is 10.5 Å². The predicted octanol–water partition coefficient (Wildman–Crippen LogP) is 6.94. The van der Waals surface area contributed by atoms with E-state index in [4.69, 9.17) is 4.98 Å². The van der Waals surface area contributed by atoms with E-state index in [-0.39, 0.29) is 12.1 Å². The molecule has 5 nitrogen and oxygen atoms in total. The lowest BCUT2D eigenvalue weighted by Gasteiger charge is -2.27. The number of aliphatic hydroxyl groups is 1. The van der Waals surface area contributed by atoms with Gasteiger partial charge in [-0.1, -0.05) is 88.7 Å². The van der Waals surface area contributed by atoms with Crippen LogP contribution in [0, 0.1) is 5.41 Å². The van der Waals surface area contributed by atoms with Crippen molar-refractivity contribution in [2.24, 2.45) is 0 Å². The van der Waals surface area contributed by atoms with Gasteiger partial charge in [-0.2, -0.15) is 0 Å². The Bertz CT molecular complexity index is 1600. The maximum atomic E-state index is 10.1. The molecule has 3 aromatic carbocycles. The Labute approximate surface area is 224 Å². The molecule has 6 rings (SSSR count). The molecular weight excluding hydrogens is 524 g/mol. The average Bonchev–Trinajstić information content (AvgIpc) is 3.25. The zero-order valence-corrected chi connectivity index (χ0v) is 22.1. The van der Waals surface area contributed by atoms with Crippen molar-refractivity contribution in [3.8, 4) is 22.4 Å². The molecule has 1 aliphatic carbocycles. The highest BCUT2D eigenvalue weighted by molar-refractivity contribution is 9.10. The number of nitrogens with zero attached hydrogens (tertiary/aromatic N) is 3. The minimum Gasteiger partial charge on any atom is -0.393 e. The molecule has 6 heteroatoms. The van der Waals surface area contributed by atoms with Gasteiger partial charge in [0.15, 0.2) is 0 Å². The molecule has 0 bridgehead atoms. The zero-order chi connectivity index (χ0) is 25.4. The van der Waals surface area contributed by atoms with Gasteiger partial charge in [-0.25, -0.2) is 4.98 Å². The smallest absolute Gasteiger partial charge is 0.146 e. The minimum atomic E-state index is -0.237. The molecular formula is C31H29BrN4O. The SMILES string of the molecule is N=c1c2c(-c3ccccc3)c(-c3ccccc3)n(Cc3cccc(Br)c3)c2ncn1C1CCC(O)CC1. The van der Waals surface area contributed by atoms with Gasteiger partial charge in [0, 0.05) is 22.6 Å². The summed E-state index contributed by atoms with van der Waals surface area (Å²) < 4.78 is 5.33. The Balaban J connectivity index is 1.66. The normalized spacial score (nSPS) is 17.8. The van der Waals surface area contributed by atoms with Gasteiger partial charge in [0.25, 0.3) is 0 Å². The summed E-state index contributed by atoms with van der Waals surface area (Å²) in [6.45, 7) is 0.638. The highest BCUT2D eigenvalue weighted by Gasteiger charge is 2.26. The van der Waals surface area contributed by atoms with Gasteiger partial charge in [0.1, 0.15) is 11.1 Å². The summed E-state index contributed by atoms with van der Waals surface area (Å²) in [4.78, 5) is 5.02. The Hall–Kier alpha value is -3.48. The lowest BCUT2D eigenvalue weighted by Crippen LogP contribution is -2.29. The molecule has 186 valence electrons. The van der Waals surface area contributed by atoms with Gasteiger partial charge in [0.2, 0.25) is 0 Å². The maximum absolute atomic E-state index is 10.1. The number of aromatic nitrogens is 3. The summed E-state index contributed by atoms with van der Waals surface area (Å²) in [5.41, 5.74) is 6.74. The average molecular weight is 554 g/mol. The monoisotopic (exact) mass is 552 g/mol. The van der Waals surface area contributed by atoms with Gasteiger partial charge < -0.3 is 14.2 Å². The first-order valence-electron chi connectivity index (χ1n) is 12.8. The van der Waals surface area contributed by atoms with Gasteiger partial charge >= 0.3 is 0 Å². The fourth-order valence-electron chi connectivity index (χ4n) is 5.64. The molecule has 0 unspecified atom stereocenters. The molecule has 5 aromatic rings. The summed E-state index contributed by atoms with van der Waals surface area (Å²) in [5.74, 6) is 0. The van der Waals surface area contributed by atoms with Crippen LogP contribution < -0.4 is 5.49 Å². The second-order valence-electron chi connectivity index (χ2n) is 9.83. The van der Waals surface area contributed by atoms with E-state index >= 15 is 0 Å². The van der Waals surface area contributed by atoms with Crippen molar-refractivity contribution in [1.29, 1.82) is 5.41 Å². The van der Waals surface area contributed by atoms with Crippen molar-refractivity contribution in [2.75, 3.05) is 0 Å². The van der Waals surface area contributed by atoms with Crippen LogP contribution in [0.5, 0.6) is 0 Å².